The predicted molar refractivity (Wildman–Crippen MR) is 91.9 cm³/mol. The molecular weight excluding hydrogens is 244 g/mol. The minimum atomic E-state index is 0.830. The van der Waals surface area contributed by atoms with Crippen LogP contribution < -0.4 is 0 Å². The van der Waals surface area contributed by atoms with Crippen molar-refractivity contribution < 1.29 is 8.97 Å². The summed E-state index contributed by atoms with van der Waals surface area (Å²) < 4.78 is 2.40. The molecule has 0 aromatic heterocycles. The van der Waals surface area contributed by atoms with Crippen LogP contribution in [0.5, 0.6) is 0 Å². The van der Waals surface area contributed by atoms with Crippen molar-refractivity contribution in [2.75, 3.05) is 41.3 Å². The van der Waals surface area contributed by atoms with Crippen LogP contribution in [-0.4, -0.2) is 62.3 Å². The Kier molecular flexibility index (Phi) is 9.01. The highest BCUT2D eigenvalue weighted by molar-refractivity contribution is 4.55. The Morgan fingerprint density at radius 3 is 1.00 bits per heavy atom. The molecule has 0 aliphatic heterocycles. The van der Waals surface area contributed by atoms with Crippen LogP contribution in [0, 0.1) is 0 Å². The van der Waals surface area contributed by atoms with E-state index in [1.165, 1.54) is 60.6 Å². The van der Waals surface area contributed by atoms with Gasteiger partial charge >= 0.3 is 0 Å². The summed E-state index contributed by atoms with van der Waals surface area (Å²) in [6, 6.07) is 1.66. The Morgan fingerprint density at radius 1 is 0.550 bits per heavy atom. The third-order valence-corrected chi connectivity index (χ3v) is 5.58. The van der Waals surface area contributed by atoms with E-state index >= 15 is 0 Å². The molecule has 0 heterocycles. The zero-order valence-corrected chi connectivity index (χ0v) is 15.7. The molecule has 0 rings (SSSR count). The smallest absolute Gasteiger partial charge is 0.0880 e. The van der Waals surface area contributed by atoms with E-state index in [2.05, 4.69) is 55.9 Å². The maximum atomic E-state index is 2.42. The van der Waals surface area contributed by atoms with Crippen molar-refractivity contribution in [1.29, 1.82) is 0 Å². The number of hydrogen-bond donors (Lipinski definition) is 0. The van der Waals surface area contributed by atoms with E-state index in [0.29, 0.717) is 0 Å². The Labute approximate surface area is 129 Å². The summed E-state index contributed by atoms with van der Waals surface area (Å²) in [6.45, 7) is 12.0. The van der Waals surface area contributed by atoms with Crippen LogP contribution in [0.25, 0.3) is 0 Å². The summed E-state index contributed by atoms with van der Waals surface area (Å²) in [4.78, 5) is 0. The van der Waals surface area contributed by atoms with Crippen molar-refractivity contribution in [1.82, 2.24) is 0 Å². The van der Waals surface area contributed by atoms with Gasteiger partial charge in [0.1, 0.15) is 0 Å². The topological polar surface area (TPSA) is 0 Å². The minimum absolute atomic E-state index is 0.830. The second kappa shape index (κ2) is 9.04. The van der Waals surface area contributed by atoms with Gasteiger partial charge in [-0.1, -0.05) is 27.7 Å². The number of unbranched alkanes of at least 4 members (excludes halogenated alkanes) is 1. The highest BCUT2D eigenvalue weighted by Gasteiger charge is 2.27. The summed E-state index contributed by atoms with van der Waals surface area (Å²) >= 11 is 0. The Bertz CT molecular complexity index is 212. The first-order valence-corrected chi connectivity index (χ1v) is 8.90. The van der Waals surface area contributed by atoms with Gasteiger partial charge in [0.15, 0.2) is 0 Å². The van der Waals surface area contributed by atoms with Crippen LogP contribution in [0.4, 0.5) is 0 Å². The van der Waals surface area contributed by atoms with Crippen molar-refractivity contribution >= 4 is 0 Å². The first kappa shape index (κ1) is 19.9. The van der Waals surface area contributed by atoms with E-state index in [0.717, 1.165) is 12.1 Å². The van der Waals surface area contributed by atoms with Crippen LogP contribution in [0.2, 0.25) is 0 Å². The molecule has 20 heavy (non-hydrogen) atoms. The zero-order chi connectivity index (χ0) is 15.8. The first-order chi connectivity index (χ1) is 9.25. The average molecular weight is 287 g/mol. The van der Waals surface area contributed by atoms with Crippen LogP contribution >= 0.6 is 0 Å². The van der Waals surface area contributed by atoms with Crippen molar-refractivity contribution in [3.8, 4) is 0 Å². The monoisotopic (exact) mass is 286 g/mol. The molecular formula is C18H42N2+2. The van der Waals surface area contributed by atoms with Gasteiger partial charge < -0.3 is 8.97 Å². The lowest BCUT2D eigenvalue weighted by molar-refractivity contribution is -0.921. The van der Waals surface area contributed by atoms with Crippen LogP contribution in [0.15, 0.2) is 0 Å². The van der Waals surface area contributed by atoms with Gasteiger partial charge in [0, 0.05) is 12.8 Å². The van der Waals surface area contributed by atoms with E-state index in [4.69, 9.17) is 0 Å². The second-order valence-electron chi connectivity index (χ2n) is 7.65. The maximum absolute atomic E-state index is 2.42. The fourth-order valence-electron chi connectivity index (χ4n) is 3.96. The lowest BCUT2D eigenvalue weighted by Gasteiger charge is -2.39. The molecule has 0 saturated heterocycles. The molecule has 0 fully saturated rings. The van der Waals surface area contributed by atoms with E-state index in [1.54, 1.807) is 0 Å². The minimum Gasteiger partial charge on any atom is -0.326 e. The number of quaternary nitrogens is 2. The molecule has 2 nitrogen and oxygen atoms in total. The molecule has 0 unspecified atom stereocenters. The summed E-state index contributed by atoms with van der Waals surface area (Å²) in [7, 11) is 9.66. The molecule has 0 atom stereocenters. The Morgan fingerprint density at radius 2 is 0.800 bits per heavy atom. The van der Waals surface area contributed by atoms with Gasteiger partial charge in [0.2, 0.25) is 0 Å². The summed E-state index contributed by atoms with van der Waals surface area (Å²) in [5.74, 6) is 0. The molecule has 0 aromatic rings. The molecule has 0 radical (unpaired) electrons. The molecule has 0 N–H and O–H groups in total. The van der Waals surface area contributed by atoms with E-state index in [9.17, 15) is 0 Å². The fraction of sp³-hybridized carbons (Fsp3) is 1.00. The third kappa shape index (κ3) is 6.13. The van der Waals surface area contributed by atoms with Gasteiger partial charge in [-0.15, -0.1) is 0 Å². The Balaban J connectivity index is 4.19. The van der Waals surface area contributed by atoms with Crippen LogP contribution in [0.3, 0.4) is 0 Å². The number of nitrogens with zero attached hydrogens (tertiary/aromatic N) is 2. The largest absolute Gasteiger partial charge is 0.326 e. The normalized spacial score (nSPS) is 13.5. The summed E-state index contributed by atoms with van der Waals surface area (Å²) in [6.07, 6.45) is 7.95. The maximum Gasteiger partial charge on any atom is 0.0880 e. The molecule has 2 heteroatoms. The van der Waals surface area contributed by atoms with Crippen LogP contribution in [-0.2, 0) is 0 Å². The molecule has 122 valence electrons. The van der Waals surface area contributed by atoms with Gasteiger partial charge in [0.25, 0.3) is 0 Å². The van der Waals surface area contributed by atoms with Crippen molar-refractivity contribution in [2.45, 2.75) is 78.3 Å². The lowest BCUT2D eigenvalue weighted by Crippen LogP contribution is -2.50. The van der Waals surface area contributed by atoms with E-state index < -0.39 is 0 Å². The predicted octanol–water partition coefficient (Wildman–Crippen LogP) is 4.30. The first-order valence-electron chi connectivity index (χ1n) is 8.90. The van der Waals surface area contributed by atoms with Gasteiger partial charge in [-0.05, 0) is 25.7 Å². The van der Waals surface area contributed by atoms with Crippen molar-refractivity contribution in [3.05, 3.63) is 0 Å². The SMILES string of the molecule is CCC(CC)[N+](C)(C)CCCC[N+](C)(C)C(CC)CC. The molecule has 0 saturated carbocycles. The Hall–Kier alpha value is -0.0800. The van der Waals surface area contributed by atoms with Crippen LogP contribution in [0.1, 0.15) is 66.2 Å². The molecule has 0 amide bonds. The summed E-state index contributed by atoms with van der Waals surface area (Å²) in [5.41, 5.74) is 0. The third-order valence-electron chi connectivity index (χ3n) is 5.58. The molecule has 0 spiro atoms. The molecule has 0 bridgehead atoms. The molecule has 0 aliphatic rings. The van der Waals surface area contributed by atoms with E-state index in [1.807, 2.05) is 0 Å². The highest BCUT2D eigenvalue weighted by atomic mass is 15.3. The fourth-order valence-corrected chi connectivity index (χ4v) is 3.96. The second-order valence-corrected chi connectivity index (χ2v) is 7.65. The van der Waals surface area contributed by atoms with Gasteiger partial charge in [-0.2, -0.15) is 0 Å². The van der Waals surface area contributed by atoms with Gasteiger partial charge in [-0.25, -0.2) is 0 Å². The average Bonchev–Trinajstić information content (AvgIpc) is 2.37. The molecule has 0 aromatic carbocycles. The lowest BCUT2D eigenvalue weighted by atomic mass is 10.1. The van der Waals surface area contributed by atoms with E-state index in [-0.39, 0.29) is 0 Å². The van der Waals surface area contributed by atoms with Crippen molar-refractivity contribution in [2.24, 2.45) is 0 Å². The van der Waals surface area contributed by atoms with Gasteiger partial charge in [-0.3, -0.25) is 0 Å². The standard InChI is InChI=1S/C18H42N2/c1-9-17(10-2)19(5,6)15-13-14-16-20(7,8)18(11-3)12-4/h17-18H,9-16H2,1-8H3/q+2. The quantitative estimate of drug-likeness (QED) is 0.392. The number of hydrogen-bond acceptors (Lipinski definition) is 0. The summed E-state index contributed by atoms with van der Waals surface area (Å²) in [5, 5.41) is 0. The van der Waals surface area contributed by atoms with Gasteiger partial charge in [0.05, 0.1) is 53.4 Å². The zero-order valence-electron chi connectivity index (χ0n) is 15.7. The molecule has 0 aliphatic carbocycles. The highest BCUT2D eigenvalue weighted by Crippen LogP contribution is 2.18. The number of rotatable bonds is 11. The van der Waals surface area contributed by atoms with Crippen molar-refractivity contribution in [3.63, 3.8) is 0 Å².